The van der Waals surface area contributed by atoms with Crippen LogP contribution in [0.4, 0.5) is 16.0 Å². The van der Waals surface area contributed by atoms with Gasteiger partial charge in [-0.1, -0.05) is 23.5 Å². The topological polar surface area (TPSA) is 76.1 Å². The van der Waals surface area contributed by atoms with Crippen LogP contribution < -0.4 is 15.4 Å². The highest BCUT2D eigenvalue weighted by Crippen LogP contribution is 2.37. The molecule has 1 fully saturated rings. The van der Waals surface area contributed by atoms with Crippen molar-refractivity contribution in [3.63, 3.8) is 0 Å². The predicted octanol–water partition coefficient (Wildman–Crippen LogP) is 5.07. The number of rotatable bonds is 7. The molecule has 0 bridgehead atoms. The minimum atomic E-state index is -0.126. The first-order chi connectivity index (χ1) is 13.1. The van der Waals surface area contributed by atoms with E-state index in [4.69, 9.17) is 4.74 Å². The normalized spacial score (nSPS) is 13.4. The lowest BCUT2D eigenvalue weighted by molar-refractivity contribution is -0.114. The smallest absolute Gasteiger partial charge is 0.223 e. The summed E-state index contributed by atoms with van der Waals surface area (Å²) in [6.07, 6.45) is 2.53. The maximum Gasteiger partial charge on any atom is 0.223 e. The van der Waals surface area contributed by atoms with E-state index < -0.39 is 0 Å². The predicted molar refractivity (Wildman–Crippen MR) is 110 cm³/mol. The zero-order valence-electron chi connectivity index (χ0n) is 15.1. The van der Waals surface area contributed by atoms with Gasteiger partial charge >= 0.3 is 0 Å². The number of aryl methyl sites for hydroxylation is 1. The van der Waals surface area contributed by atoms with Gasteiger partial charge in [0.05, 0.1) is 28.6 Å². The Morgan fingerprint density at radius 2 is 2.07 bits per heavy atom. The second-order valence-electron chi connectivity index (χ2n) is 6.53. The van der Waals surface area contributed by atoms with Crippen LogP contribution in [0, 0.1) is 12.8 Å². The fourth-order valence-corrected chi connectivity index (χ4v) is 4.34. The Balaban J connectivity index is 1.50. The molecule has 8 heteroatoms. The molecule has 6 nitrogen and oxygen atoms in total. The third kappa shape index (κ3) is 4.45. The number of hydrogen-bond donors (Lipinski definition) is 2. The second-order valence-corrected chi connectivity index (χ2v) is 8.39. The molecule has 1 saturated carbocycles. The highest BCUT2D eigenvalue weighted by atomic mass is 32.1. The number of nitrogens with zero attached hydrogens (tertiary/aromatic N) is 2. The van der Waals surface area contributed by atoms with Crippen LogP contribution in [0.2, 0.25) is 0 Å². The van der Waals surface area contributed by atoms with Crippen LogP contribution in [0.3, 0.4) is 0 Å². The van der Waals surface area contributed by atoms with Crippen LogP contribution in [-0.4, -0.2) is 22.5 Å². The van der Waals surface area contributed by atoms with Crippen LogP contribution in [-0.2, 0) is 4.79 Å². The summed E-state index contributed by atoms with van der Waals surface area (Å²) >= 11 is 2.96. The zero-order chi connectivity index (χ0) is 18.8. The molecule has 3 aromatic rings. The van der Waals surface area contributed by atoms with Crippen LogP contribution in [0.5, 0.6) is 5.75 Å². The Bertz CT molecular complexity index is 962. The maximum absolute atomic E-state index is 11.2. The number of ether oxygens (including phenoxy) is 1. The van der Waals surface area contributed by atoms with Crippen molar-refractivity contribution >= 4 is 44.5 Å². The molecule has 1 aromatic carbocycles. The molecule has 0 saturated heterocycles. The van der Waals surface area contributed by atoms with Gasteiger partial charge in [0.2, 0.25) is 5.91 Å². The molecule has 0 radical (unpaired) electrons. The first-order valence-corrected chi connectivity index (χ1v) is 10.5. The van der Waals surface area contributed by atoms with Crippen molar-refractivity contribution < 1.29 is 9.53 Å². The van der Waals surface area contributed by atoms with Crippen LogP contribution in [0.15, 0.2) is 29.6 Å². The number of amides is 1. The largest absolute Gasteiger partial charge is 0.491 e. The Labute approximate surface area is 165 Å². The summed E-state index contributed by atoms with van der Waals surface area (Å²) in [6.45, 7) is 4.17. The van der Waals surface area contributed by atoms with Crippen molar-refractivity contribution in [2.45, 2.75) is 26.7 Å². The lowest BCUT2D eigenvalue weighted by Gasteiger charge is -2.11. The number of thiazole rings is 2. The standard InChI is InChI=1S/C19H20N4O2S2/c1-11-17(27-19(20-11)21-12(2)24)15-10-26-18(23-15)22-14-5-3-4-6-16(14)25-9-13-7-8-13/h3-6,10,13H,7-9H2,1-2H3,(H,22,23)(H,20,21,24). The van der Waals surface area contributed by atoms with Crippen molar-refractivity contribution in [1.29, 1.82) is 0 Å². The molecule has 0 unspecified atom stereocenters. The molecule has 0 aliphatic heterocycles. The van der Waals surface area contributed by atoms with Crippen molar-refractivity contribution in [2.24, 2.45) is 5.92 Å². The monoisotopic (exact) mass is 400 g/mol. The SMILES string of the molecule is CC(=O)Nc1nc(C)c(-c2csc(Nc3ccccc3OCC3CC3)n2)s1. The molecular formula is C19H20N4O2S2. The summed E-state index contributed by atoms with van der Waals surface area (Å²) in [5.74, 6) is 1.43. The van der Waals surface area contributed by atoms with Crippen LogP contribution >= 0.6 is 22.7 Å². The summed E-state index contributed by atoms with van der Waals surface area (Å²) < 4.78 is 5.95. The van der Waals surface area contributed by atoms with Gasteiger partial charge < -0.3 is 15.4 Å². The van der Waals surface area contributed by atoms with E-state index in [2.05, 4.69) is 20.6 Å². The number of carbonyl (C=O) groups excluding carboxylic acids is 1. The molecule has 0 atom stereocenters. The highest BCUT2D eigenvalue weighted by Gasteiger charge is 2.22. The zero-order valence-corrected chi connectivity index (χ0v) is 16.7. The van der Waals surface area contributed by atoms with Gasteiger partial charge in [0, 0.05) is 12.3 Å². The number of carbonyl (C=O) groups is 1. The Morgan fingerprint density at radius 3 is 2.85 bits per heavy atom. The fourth-order valence-electron chi connectivity index (χ4n) is 2.58. The molecule has 4 rings (SSSR count). The van der Waals surface area contributed by atoms with Gasteiger partial charge in [-0.2, -0.15) is 0 Å². The molecule has 1 aliphatic rings. The molecule has 140 valence electrons. The summed E-state index contributed by atoms with van der Waals surface area (Å²) in [7, 11) is 0. The Morgan fingerprint density at radius 1 is 1.26 bits per heavy atom. The van der Waals surface area contributed by atoms with Crippen LogP contribution in [0.25, 0.3) is 10.6 Å². The van der Waals surface area contributed by atoms with Crippen molar-refractivity contribution in [1.82, 2.24) is 9.97 Å². The number of benzene rings is 1. The first kappa shape index (κ1) is 17.9. The average molecular weight is 401 g/mol. The third-order valence-corrected chi connectivity index (χ3v) is 5.97. The minimum Gasteiger partial charge on any atom is -0.491 e. The van der Waals surface area contributed by atoms with E-state index in [-0.39, 0.29) is 5.91 Å². The number of para-hydroxylation sites is 2. The van der Waals surface area contributed by atoms with E-state index in [1.807, 2.05) is 36.6 Å². The van der Waals surface area contributed by atoms with Gasteiger partial charge in [-0.3, -0.25) is 4.79 Å². The van der Waals surface area contributed by atoms with Gasteiger partial charge in [0.25, 0.3) is 0 Å². The fraction of sp³-hybridized carbons (Fsp3) is 0.316. The number of nitrogens with one attached hydrogen (secondary N) is 2. The highest BCUT2D eigenvalue weighted by molar-refractivity contribution is 7.20. The molecule has 2 heterocycles. The van der Waals surface area contributed by atoms with E-state index in [1.54, 1.807) is 0 Å². The van der Waals surface area contributed by atoms with Crippen LogP contribution in [0.1, 0.15) is 25.5 Å². The molecule has 2 N–H and O–H groups in total. The van der Waals surface area contributed by atoms with Gasteiger partial charge in [0.15, 0.2) is 10.3 Å². The summed E-state index contributed by atoms with van der Waals surface area (Å²) in [6, 6.07) is 7.93. The van der Waals surface area contributed by atoms with E-state index in [9.17, 15) is 4.79 Å². The van der Waals surface area contributed by atoms with E-state index >= 15 is 0 Å². The number of hydrogen-bond acceptors (Lipinski definition) is 7. The summed E-state index contributed by atoms with van der Waals surface area (Å²) in [4.78, 5) is 21.3. The molecule has 1 amide bonds. The van der Waals surface area contributed by atoms with Gasteiger partial charge in [-0.05, 0) is 37.8 Å². The lowest BCUT2D eigenvalue weighted by atomic mass is 10.3. The summed E-state index contributed by atoms with van der Waals surface area (Å²) in [5.41, 5.74) is 2.62. The maximum atomic E-state index is 11.2. The van der Waals surface area contributed by atoms with E-state index in [0.717, 1.165) is 39.4 Å². The van der Waals surface area contributed by atoms with Crippen molar-refractivity contribution in [3.8, 4) is 16.3 Å². The minimum absolute atomic E-state index is 0.126. The number of aromatic nitrogens is 2. The Hall–Kier alpha value is -2.45. The summed E-state index contributed by atoms with van der Waals surface area (Å²) in [5, 5.41) is 9.47. The first-order valence-electron chi connectivity index (χ1n) is 8.78. The molecular weight excluding hydrogens is 380 g/mol. The molecule has 1 aliphatic carbocycles. The van der Waals surface area contributed by atoms with Crippen molar-refractivity contribution in [3.05, 3.63) is 35.3 Å². The lowest BCUT2D eigenvalue weighted by Crippen LogP contribution is -2.04. The third-order valence-electron chi connectivity index (χ3n) is 4.12. The Kier molecular flexibility index (Phi) is 5.09. The second kappa shape index (κ2) is 7.66. The van der Waals surface area contributed by atoms with E-state index in [0.29, 0.717) is 11.0 Å². The average Bonchev–Trinajstić information content (AvgIpc) is 3.24. The van der Waals surface area contributed by atoms with Crippen molar-refractivity contribution in [2.75, 3.05) is 17.2 Å². The molecule has 2 aromatic heterocycles. The van der Waals surface area contributed by atoms with E-state index in [1.165, 1.54) is 42.4 Å². The quantitative estimate of drug-likeness (QED) is 0.579. The molecule has 0 spiro atoms. The molecule has 27 heavy (non-hydrogen) atoms. The van der Waals surface area contributed by atoms with Gasteiger partial charge in [0.1, 0.15) is 5.75 Å². The number of anilines is 3. The van der Waals surface area contributed by atoms with Gasteiger partial charge in [-0.25, -0.2) is 9.97 Å². The van der Waals surface area contributed by atoms with Gasteiger partial charge in [-0.15, -0.1) is 11.3 Å².